The van der Waals surface area contributed by atoms with Gasteiger partial charge in [-0.2, -0.15) is 5.26 Å². The van der Waals surface area contributed by atoms with E-state index in [0.29, 0.717) is 11.4 Å². The largest absolute Gasteiger partial charge is 0.341 e. The molecule has 29 heavy (non-hydrogen) atoms. The van der Waals surface area contributed by atoms with E-state index in [1.807, 2.05) is 62.4 Å². The van der Waals surface area contributed by atoms with Gasteiger partial charge in [-0.1, -0.05) is 42.5 Å². The fraction of sp³-hybridized carbons (Fsp3) is 0.208. The maximum atomic E-state index is 13.3. The number of aromatic amines is 1. The highest BCUT2D eigenvalue weighted by molar-refractivity contribution is 6.03. The minimum absolute atomic E-state index is 0.0875. The summed E-state index contributed by atoms with van der Waals surface area (Å²) < 4.78 is 2.15. The summed E-state index contributed by atoms with van der Waals surface area (Å²) in [5, 5.41) is 9.75. The highest BCUT2D eigenvalue weighted by Gasteiger charge is 2.29. The molecule has 2 atom stereocenters. The van der Waals surface area contributed by atoms with Gasteiger partial charge in [-0.15, -0.1) is 0 Å². The number of nitriles is 1. The number of carbonyl (C=O) groups excluding carboxylic acids is 1. The number of para-hydroxylation sites is 2. The third-order valence-corrected chi connectivity index (χ3v) is 5.49. The predicted molar refractivity (Wildman–Crippen MR) is 113 cm³/mol. The molecule has 0 bridgehead atoms. The van der Waals surface area contributed by atoms with Crippen LogP contribution in [0.25, 0.3) is 11.0 Å². The smallest absolute Gasteiger partial charge is 0.189 e. The molecule has 2 aromatic carbocycles. The first-order valence-electron chi connectivity index (χ1n) is 9.63. The zero-order chi connectivity index (χ0) is 20.5. The van der Waals surface area contributed by atoms with Crippen molar-refractivity contribution in [2.24, 2.45) is 0 Å². The van der Waals surface area contributed by atoms with Gasteiger partial charge in [-0.05, 0) is 44.5 Å². The van der Waals surface area contributed by atoms with E-state index in [2.05, 4.69) is 39.7 Å². The minimum Gasteiger partial charge on any atom is -0.341 e. The van der Waals surface area contributed by atoms with Crippen LogP contribution in [0, 0.1) is 25.2 Å². The normalized spacial score (nSPS) is 13.2. The van der Waals surface area contributed by atoms with Crippen LogP contribution in [0.1, 0.15) is 52.0 Å². The second-order valence-electron chi connectivity index (χ2n) is 7.31. The Morgan fingerprint density at radius 1 is 1.10 bits per heavy atom. The second kappa shape index (κ2) is 7.40. The van der Waals surface area contributed by atoms with Crippen LogP contribution >= 0.6 is 0 Å². The van der Waals surface area contributed by atoms with Gasteiger partial charge in [0.25, 0.3) is 0 Å². The molecule has 0 aliphatic rings. The van der Waals surface area contributed by atoms with Crippen molar-refractivity contribution in [2.45, 2.75) is 32.7 Å². The van der Waals surface area contributed by atoms with Crippen LogP contribution in [-0.4, -0.2) is 20.3 Å². The standard InChI is InChI=1S/C24H22N4O/c1-15-13-19(17(3)28(15)16(2)18-9-5-4-6-10-18)23(29)20(14-25)24-26-21-11-7-8-12-22(21)27-24/h4-13,16,20H,1-3H3,(H,26,27). The van der Waals surface area contributed by atoms with Crippen LogP contribution in [0.5, 0.6) is 0 Å². The van der Waals surface area contributed by atoms with Crippen molar-refractivity contribution in [3.63, 3.8) is 0 Å². The van der Waals surface area contributed by atoms with E-state index >= 15 is 0 Å². The molecule has 0 aliphatic heterocycles. The maximum absolute atomic E-state index is 13.3. The highest BCUT2D eigenvalue weighted by atomic mass is 16.1. The summed E-state index contributed by atoms with van der Waals surface area (Å²) in [6.07, 6.45) is 0. The number of nitrogens with one attached hydrogen (secondary N) is 1. The first-order valence-corrected chi connectivity index (χ1v) is 9.63. The van der Waals surface area contributed by atoms with Gasteiger partial charge in [0.15, 0.2) is 11.7 Å². The average molecular weight is 382 g/mol. The van der Waals surface area contributed by atoms with Gasteiger partial charge in [0.1, 0.15) is 5.82 Å². The summed E-state index contributed by atoms with van der Waals surface area (Å²) in [5.41, 5.74) is 5.15. The number of nitrogens with zero attached hydrogens (tertiary/aromatic N) is 3. The van der Waals surface area contributed by atoms with Crippen LogP contribution in [0.2, 0.25) is 0 Å². The summed E-state index contributed by atoms with van der Waals surface area (Å²) >= 11 is 0. The van der Waals surface area contributed by atoms with Crippen LogP contribution in [0.4, 0.5) is 0 Å². The fourth-order valence-corrected chi connectivity index (χ4v) is 4.01. The molecule has 0 aliphatic carbocycles. The third-order valence-electron chi connectivity index (χ3n) is 5.49. The molecule has 0 radical (unpaired) electrons. The van der Waals surface area contributed by atoms with Crippen LogP contribution in [0.15, 0.2) is 60.7 Å². The fourth-order valence-electron chi connectivity index (χ4n) is 4.01. The van der Waals surface area contributed by atoms with E-state index in [1.165, 1.54) is 5.56 Å². The molecule has 0 fully saturated rings. The van der Waals surface area contributed by atoms with Gasteiger partial charge in [0.05, 0.1) is 23.1 Å². The molecule has 5 nitrogen and oxygen atoms in total. The van der Waals surface area contributed by atoms with Gasteiger partial charge in [-0.25, -0.2) is 4.98 Å². The van der Waals surface area contributed by atoms with E-state index in [9.17, 15) is 10.1 Å². The lowest BCUT2D eigenvalue weighted by Gasteiger charge is -2.19. The van der Waals surface area contributed by atoms with Gasteiger partial charge in [-0.3, -0.25) is 4.79 Å². The molecular weight excluding hydrogens is 360 g/mol. The zero-order valence-electron chi connectivity index (χ0n) is 16.7. The van der Waals surface area contributed by atoms with Crippen LogP contribution in [-0.2, 0) is 0 Å². The number of Topliss-reactive ketones (excluding diaryl/α,β-unsaturated/α-hetero) is 1. The number of hydrogen-bond donors (Lipinski definition) is 1. The molecule has 144 valence electrons. The average Bonchev–Trinajstić information content (AvgIpc) is 3.29. The van der Waals surface area contributed by atoms with E-state index in [4.69, 9.17) is 0 Å². The number of aromatic nitrogens is 3. The molecule has 5 heteroatoms. The number of imidazole rings is 1. The van der Waals surface area contributed by atoms with E-state index in [1.54, 1.807) is 0 Å². The summed E-state index contributed by atoms with van der Waals surface area (Å²) in [6, 6.07) is 21.8. The Kier molecular flexibility index (Phi) is 4.77. The highest BCUT2D eigenvalue weighted by Crippen LogP contribution is 2.29. The molecule has 4 rings (SSSR count). The lowest BCUT2D eigenvalue weighted by molar-refractivity contribution is 0.0976. The number of fused-ring (bicyclic) bond motifs is 1. The molecule has 2 heterocycles. The van der Waals surface area contributed by atoms with Crippen LogP contribution < -0.4 is 0 Å². The summed E-state index contributed by atoms with van der Waals surface area (Å²) in [7, 11) is 0. The number of H-pyrrole nitrogens is 1. The molecular formula is C24H22N4O. The molecule has 2 unspecified atom stereocenters. The monoisotopic (exact) mass is 382 g/mol. The summed E-state index contributed by atoms with van der Waals surface area (Å²) in [4.78, 5) is 20.9. The van der Waals surface area contributed by atoms with E-state index in [0.717, 1.165) is 22.4 Å². The number of hydrogen-bond acceptors (Lipinski definition) is 3. The molecule has 0 amide bonds. The Balaban J connectivity index is 1.72. The number of ketones is 1. The maximum Gasteiger partial charge on any atom is 0.189 e. The van der Waals surface area contributed by atoms with Crippen molar-refractivity contribution in [2.75, 3.05) is 0 Å². The molecule has 2 aromatic heterocycles. The van der Waals surface area contributed by atoms with Crippen molar-refractivity contribution in [1.29, 1.82) is 5.26 Å². The minimum atomic E-state index is -0.969. The number of aryl methyl sites for hydroxylation is 1. The van der Waals surface area contributed by atoms with Gasteiger partial charge >= 0.3 is 0 Å². The third kappa shape index (κ3) is 3.23. The van der Waals surface area contributed by atoms with Gasteiger partial charge in [0.2, 0.25) is 0 Å². The van der Waals surface area contributed by atoms with Crippen molar-refractivity contribution in [1.82, 2.24) is 14.5 Å². The predicted octanol–water partition coefficient (Wildman–Crippen LogP) is 5.08. The lowest BCUT2D eigenvalue weighted by Crippen LogP contribution is -2.15. The number of rotatable bonds is 5. The molecule has 1 N–H and O–H groups in total. The Hall–Kier alpha value is -3.65. The van der Waals surface area contributed by atoms with Crippen molar-refractivity contribution in [3.05, 3.63) is 89.0 Å². The zero-order valence-corrected chi connectivity index (χ0v) is 16.7. The Morgan fingerprint density at radius 2 is 1.79 bits per heavy atom. The van der Waals surface area contributed by atoms with Gasteiger partial charge < -0.3 is 9.55 Å². The van der Waals surface area contributed by atoms with E-state index < -0.39 is 5.92 Å². The lowest BCUT2D eigenvalue weighted by atomic mass is 9.98. The first-order chi connectivity index (χ1) is 14.0. The van der Waals surface area contributed by atoms with Crippen molar-refractivity contribution >= 4 is 16.8 Å². The molecule has 0 saturated carbocycles. The Morgan fingerprint density at radius 3 is 2.48 bits per heavy atom. The van der Waals surface area contributed by atoms with Crippen molar-refractivity contribution in [3.8, 4) is 6.07 Å². The second-order valence-corrected chi connectivity index (χ2v) is 7.31. The summed E-state index contributed by atoms with van der Waals surface area (Å²) in [5.74, 6) is -0.811. The molecule has 4 aromatic rings. The molecule has 0 spiro atoms. The number of benzene rings is 2. The van der Waals surface area contributed by atoms with Gasteiger partial charge in [0, 0.05) is 17.0 Å². The van der Waals surface area contributed by atoms with E-state index in [-0.39, 0.29) is 11.8 Å². The SMILES string of the molecule is Cc1cc(C(=O)C(C#N)c2nc3ccccc3[nH]2)c(C)n1C(C)c1ccccc1. The number of carbonyl (C=O) groups is 1. The Labute approximate surface area is 169 Å². The quantitative estimate of drug-likeness (QED) is 0.489. The topological polar surface area (TPSA) is 74.5 Å². The van der Waals surface area contributed by atoms with Crippen molar-refractivity contribution < 1.29 is 4.79 Å². The first kappa shape index (κ1) is 18.7. The van der Waals surface area contributed by atoms with Crippen LogP contribution in [0.3, 0.4) is 0 Å². The summed E-state index contributed by atoms with van der Waals surface area (Å²) in [6.45, 7) is 6.04. The molecule has 0 saturated heterocycles. The Bertz CT molecular complexity index is 1190.